The van der Waals surface area contributed by atoms with Crippen molar-refractivity contribution in [3.63, 3.8) is 0 Å². The first kappa shape index (κ1) is 19.4. The summed E-state index contributed by atoms with van der Waals surface area (Å²) in [6, 6.07) is 2.95. The van der Waals surface area contributed by atoms with Crippen molar-refractivity contribution in [3.05, 3.63) is 46.9 Å². The molecule has 144 valence electrons. The Kier molecular flexibility index (Phi) is 5.52. The van der Waals surface area contributed by atoms with Gasteiger partial charge in [-0.2, -0.15) is 13.2 Å². The molecule has 1 aromatic heterocycles. The molecule has 2 heterocycles. The van der Waals surface area contributed by atoms with Gasteiger partial charge in [0.25, 0.3) is 5.91 Å². The molecule has 0 unspecified atom stereocenters. The van der Waals surface area contributed by atoms with Crippen LogP contribution in [0.4, 0.5) is 24.7 Å². The molecule has 1 aromatic carbocycles. The number of rotatable bonds is 3. The molecule has 0 atom stereocenters. The average Bonchev–Trinajstić information content (AvgIpc) is 2.63. The standard InChI is InChI=1S/C17H17ClF3N5O/c1-25-4-6-26(7-5-25)16(27)14-9-23-15(10-22-14)24-13-8-11(17(19,20)21)2-3-12(13)18/h2-3,8-10H,4-7H2,1H3,(H,23,24). The maximum atomic E-state index is 12.8. The van der Waals surface area contributed by atoms with E-state index < -0.39 is 11.7 Å². The zero-order chi connectivity index (χ0) is 19.6. The maximum absolute atomic E-state index is 12.8. The van der Waals surface area contributed by atoms with E-state index in [0.717, 1.165) is 31.3 Å². The van der Waals surface area contributed by atoms with Gasteiger partial charge >= 0.3 is 6.18 Å². The molecule has 0 spiro atoms. The summed E-state index contributed by atoms with van der Waals surface area (Å²) in [6.45, 7) is 2.79. The Morgan fingerprint density at radius 3 is 2.44 bits per heavy atom. The summed E-state index contributed by atoms with van der Waals surface area (Å²) in [5, 5.41) is 2.81. The number of amides is 1. The molecule has 1 aliphatic rings. The monoisotopic (exact) mass is 399 g/mol. The minimum Gasteiger partial charge on any atom is -0.338 e. The Bertz CT molecular complexity index is 820. The van der Waals surface area contributed by atoms with E-state index in [1.165, 1.54) is 12.4 Å². The van der Waals surface area contributed by atoms with Crippen molar-refractivity contribution in [3.8, 4) is 0 Å². The molecule has 2 aromatic rings. The van der Waals surface area contributed by atoms with Gasteiger partial charge < -0.3 is 15.1 Å². The summed E-state index contributed by atoms with van der Waals surface area (Å²) >= 11 is 5.95. The molecule has 3 rings (SSSR count). The van der Waals surface area contributed by atoms with Crippen LogP contribution < -0.4 is 5.32 Å². The largest absolute Gasteiger partial charge is 0.416 e. The lowest BCUT2D eigenvalue weighted by Crippen LogP contribution is -2.47. The lowest BCUT2D eigenvalue weighted by molar-refractivity contribution is -0.137. The van der Waals surface area contributed by atoms with Crippen LogP contribution >= 0.6 is 11.6 Å². The SMILES string of the molecule is CN1CCN(C(=O)c2cnc(Nc3cc(C(F)(F)F)ccc3Cl)cn2)CC1. The zero-order valence-corrected chi connectivity index (χ0v) is 15.2. The number of benzene rings is 1. The van der Waals surface area contributed by atoms with Crippen LogP contribution in [0.5, 0.6) is 0 Å². The number of anilines is 2. The summed E-state index contributed by atoms with van der Waals surface area (Å²) in [6.07, 6.45) is -1.89. The second kappa shape index (κ2) is 7.69. The van der Waals surface area contributed by atoms with E-state index in [4.69, 9.17) is 11.6 Å². The second-order valence-corrected chi connectivity index (χ2v) is 6.61. The Labute approximate surface area is 159 Å². The molecule has 1 N–H and O–H groups in total. The number of carbonyl (C=O) groups is 1. The average molecular weight is 400 g/mol. The van der Waals surface area contributed by atoms with E-state index in [2.05, 4.69) is 20.2 Å². The van der Waals surface area contributed by atoms with Crippen molar-refractivity contribution in [2.75, 3.05) is 38.5 Å². The molecular formula is C17H17ClF3N5O. The van der Waals surface area contributed by atoms with Crippen molar-refractivity contribution in [2.24, 2.45) is 0 Å². The number of likely N-dealkylation sites (N-methyl/N-ethyl adjacent to an activating group) is 1. The molecule has 1 fully saturated rings. The quantitative estimate of drug-likeness (QED) is 0.858. The maximum Gasteiger partial charge on any atom is 0.416 e. The van der Waals surface area contributed by atoms with E-state index in [1.54, 1.807) is 4.90 Å². The van der Waals surface area contributed by atoms with Gasteiger partial charge in [-0.25, -0.2) is 9.97 Å². The minimum absolute atomic E-state index is 0.0546. The van der Waals surface area contributed by atoms with Gasteiger partial charge in [0.1, 0.15) is 11.5 Å². The number of piperazine rings is 1. The molecule has 10 heteroatoms. The van der Waals surface area contributed by atoms with Crippen LogP contribution in [0, 0.1) is 0 Å². The third kappa shape index (κ3) is 4.67. The highest BCUT2D eigenvalue weighted by Gasteiger charge is 2.31. The van der Waals surface area contributed by atoms with Gasteiger partial charge in [0.15, 0.2) is 0 Å². The van der Waals surface area contributed by atoms with Gasteiger partial charge in [-0.1, -0.05) is 11.6 Å². The molecule has 0 radical (unpaired) electrons. The van der Waals surface area contributed by atoms with E-state index in [1.807, 2.05) is 7.05 Å². The Balaban J connectivity index is 1.72. The smallest absolute Gasteiger partial charge is 0.338 e. The van der Waals surface area contributed by atoms with Crippen LogP contribution in [0.25, 0.3) is 0 Å². The predicted molar refractivity (Wildman–Crippen MR) is 95.2 cm³/mol. The Hall–Kier alpha value is -2.39. The molecule has 0 saturated carbocycles. The number of carbonyl (C=O) groups excluding carboxylic acids is 1. The van der Waals surface area contributed by atoms with E-state index in [9.17, 15) is 18.0 Å². The number of hydrogen-bond donors (Lipinski definition) is 1. The van der Waals surface area contributed by atoms with E-state index in [-0.39, 0.29) is 28.1 Å². The van der Waals surface area contributed by atoms with Gasteiger partial charge in [0, 0.05) is 26.2 Å². The minimum atomic E-state index is -4.48. The summed E-state index contributed by atoms with van der Waals surface area (Å²) in [5.41, 5.74) is -0.594. The van der Waals surface area contributed by atoms with Crippen molar-refractivity contribution >= 4 is 29.0 Å². The number of nitrogens with one attached hydrogen (secondary N) is 1. The van der Waals surface area contributed by atoms with Gasteiger partial charge in [0.2, 0.25) is 0 Å². The van der Waals surface area contributed by atoms with Gasteiger partial charge in [0.05, 0.1) is 28.7 Å². The molecule has 6 nitrogen and oxygen atoms in total. The molecule has 1 saturated heterocycles. The third-order valence-electron chi connectivity index (χ3n) is 4.22. The van der Waals surface area contributed by atoms with Crippen LogP contribution in [0.2, 0.25) is 5.02 Å². The second-order valence-electron chi connectivity index (χ2n) is 6.20. The lowest BCUT2D eigenvalue weighted by Gasteiger charge is -2.32. The first-order valence-electron chi connectivity index (χ1n) is 8.17. The first-order valence-corrected chi connectivity index (χ1v) is 8.55. The van der Waals surface area contributed by atoms with Crippen molar-refractivity contribution in [1.82, 2.24) is 19.8 Å². The number of aromatic nitrogens is 2. The zero-order valence-electron chi connectivity index (χ0n) is 14.4. The number of nitrogens with zero attached hydrogens (tertiary/aromatic N) is 4. The Morgan fingerprint density at radius 1 is 1.15 bits per heavy atom. The van der Waals surface area contributed by atoms with Crippen LogP contribution in [-0.4, -0.2) is 58.9 Å². The van der Waals surface area contributed by atoms with Crippen LogP contribution in [0.3, 0.4) is 0 Å². The highest BCUT2D eigenvalue weighted by Crippen LogP contribution is 2.34. The van der Waals surface area contributed by atoms with Crippen molar-refractivity contribution in [1.29, 1.82) is 0 Å². The van der Waals surface area contributed by atoms with Gasteiger partial charge in [-0.15, -0.1) is 0 Å². The van der Waals surface area contributed by atoms with E-state index in [0.29, 0.717) is 13.1 Å². The highest BCUT2D eigenvalue weighted by atomic mass is 35.5. The number of halogens is 4. The predicted octanol–water partition coefficient (Wildman–Crippen LogP) is 3.28. The lowest BCUT2D eigenvalue weighted by atomic mass is 10.2. The fraction of sp³-hybridized carbons (Fsp3) is 0.353. The number of alkyl halides is 3. The normalized spacial score (nSPS) is 15.7. The van der Waals surface area contributed by atoms with Crippen molar-refractivity contribution in [2.45, 2.75) is 6.18 Å². The molecule has 1 amide bonds. The third-order valence-corrected chi connectivity index (χ3v) is 4.55. The molecule has 27 heavy (non-hydrogen) atoms. The molecule has 1 aliphatic heterocycles. The van der Waals surface area contributed by atoms with Crippen LogP contribution in [0.1, 0.15) is 16.1 Å². The molecule has 0 aliphatic carbocycles. The van der Waals surface area contributed by atoms with Crippen LogP contribution in [-0.2, 0) is 6.18 Å². The summed E-state index contributed by atoms with van der Waals surface area (Å²) in [5.74, 6) is -0.0367. The summed E-state index contributed by atoms with van der Waals surface area (Å²) in [7, 11) is 1.99. The molecular weight excluding hydrogens is 383 g/mol. The summed E-state index contributed by atoms with van der Waals surface area (Å²) in [4.78, 5) is 24.4. The fourth-order valence-corrected chi connectivity index (χ4v) is 2.77. The summed E-state index contributed by atoms with van der Waals surface area (Å²) < 4.78 is 38.5. The first-order chi connectivity index (χ1) is 12.7. The fourth-order valence-electron chi connectivity index (χ4n) is 2.61. The van der Waals surface area contributed by atoms with Gasteiger partial charge in [-0.05, 0) is 25.2 Å². The van der Waals surface area contributed by atoms with Crippen LogP contribution in [0.15, 0.2) is 30.6 Å². The highest BCUT2D eigenvalue weighted by molar-refractivity contribution is 6.33. The topological polar surface area (TPSA) is 61.4 Å². The van der Waals surface area contributed by atoms with Gasteiger partial charge in [-0.3, -0.25) is 4.79 Å². The number of hydrogen-bond acceptors (Lipinski definition) is 5. The molecule has 0 bridgehead atoms. The van der Waals surface area contributed by atoms with E-state index >= 15 is 0 Å². The van der Waals surface area contributed by atoms with Crippen molar-refractivity contribution < 1.29 is 18.0 Å². The Morgan fingerprint density at radius 2 is 1.85 bits per heavy atom.